The van der Waals surface area contributed by atoms with Gasteiger partial charge >= 0.3 is 0 Å². The van der Waals surface area contributed by atoms with E-state index in [4.69, 9.17) is 11.5 Å². The maximum Gasteiger partial charge on any atom is 0.268 e. The number of nitrogens with zero attached hydrogens (tertiary/aromatic N) is 2. The van der Waals surface area contributed by atoms with Gasteiger partial charge in [-0.2, -0.15) is 0 Å². The highest BCUT2D eigenvalue weighted by Crippen LogP contribution is 2.20. The molecule has 2 aromatic heterocycles. The molecular formula is C32H46N8O4. The van der Waals surface area contributed by atoms with Crippen LogP contribution in [0.25, 0.3) is 0 Å². The molecule has 0 aliphatic rings. The van der Waals surface area contributed by atoms with E-state index in [1.807, 2.05) is 9.13 Å². The molecule has 0 bridgehead atoms. The Labute approximate surface area is 258 Å². The molecule has 0 unspecified atom stereocenters. The van der Waals surface area contributed by atoms with E-state index < -0.39 is 0 Å². The van der Waals surface area contributed by atoms with Gasteiger partial charge in [0.25, 0.3) is 23.6 Å². The second-order valence-corrected chi connectivity index (χ2v) is 11.6. The van der Waals surface area contributed by atoms with Crippen LogP contribution in [0, 0.1) is 11.8 Å². The fourth-order valence-electron chi connectivity index (χ4n) is 4.44. The van der Waals surface area contributed by atoms with E-state index in [9.17, 15) is 19.2 Å². The van der Waals surface area contributed by atoms with Crippen LogP contribution in [0.2, 0.25) is 0 Å². The number of carbonyl (C=O) groups is 4. The third-order valence-electron chi connectivity index (χ3n) is 6.94. The molecule has 2 heterocycles. The molecule has 12 nitrogen and oxygen atoms in total. The van der Waals surface area contributed by atoms with Crippen LogP contribution in [0.1, 0.15) is 82.2 Å². The van der Waals surface area contributed by atoms with Crippen molar-refractivity contribution in [1.29, 1.82) is 0 Å². The molecule has 1 aromatic carbocycles. The lowest BCUT2D eigenvalue weighted by Gasteiger charge is -2.10. The molecule has 0 saturated heterocycles. The highest BCUT2D eigenvalue weighted by molar-refractivity contribution is 6.08. The van der Waals surface area contributed by atoms with Crippen molar-refractivity contribution in [3.05, 3.63) is 71.3 Å². The second kappa shape index (κ2) is 16.4. The zero-order valence-electron chi connectivity index (χ0n) is 26.1. The van der Waals surface area contributed by atoms with Crippen molar-refractivity contribution in [2.24, 2.45) is 23.3 Å². The first-order chi connectivity index (χ1) is 21.0. The lowest BCUT2D eigenvalue weighted by molar-refractivity contribution is 0.0937. The first-order valence-electron chi connectivity index (χ1n) is 15.1. The molecule has 12 heteroatoms. The van der Waals surface area contributed by atoms with Crippen molar-refractivity contribution < 1.29 is 19.2 Å². The zero-order valence-corrected chi connectivity index (χ0v) is 26.1. The summed E-state index contributed by atoms with van der Waals surface area (Å²) in [6.07, 6.45) is 5.23. The van der Waals surface area contributed by atoms with E-state index in [-0.39, 0.29) is 23.6 Å². The molecule has 0 fully saturated rings. The summed E-state index contributed by atoms with van der Waals surface area (Å²) < 4.78 is 3.66. The van der Waals surface area contributed by atoms with Crippen LogP contribution in [0.5, 0.6) is 0 Å². The van der Waals surface area contributed by atoms with Crippen molar-refractivity contribution in [3.63, 3.8) is 0 Å². The number of nitrogens with one attached hydrogen (secondary N) is 4. The molecule has 238 valence electrons. The van der Waals surface area contributed by atoms with Crippen LogP contribution >= 0.6 is 0 Å². The number of carbonyl (C=O) groups excluding carboxylic acids is 4. The van der Waals surface area contributed by atoms with Crippen molar-refractivity contribution in [3.8, 4) is 0 Å². The molecule has 4 amide bonds. The number of hydrogen-bond acceptors (Lipinski definition) is 6. The molecule has 3 rings (SSSR count). The number of hydrogen-bond donors (Lipinski definition) is 6. The Kier molecular flexibility index (Phi) is 12.7. The van der Waals surface area contributed by atoms with Crippen LogP contribution < -0.4 is 32.7 Å². The molecule has 0 atom stereocenters. The van der Waals surface area contributed by atoms with Gasteiger partial charge in [-0.05, 0) is 61.1 Å². The Morgan fingerprint density at radius 2 is 1.00 bits per heavy atom. The SMILES string of the molecule is CC(C)CCn1cc(NC(=O)c2ccc(C(=O)Nc3cc(C(=O)NCCN)n(CCC(C)C)c3)cc2)cc1C(=O)NCCN. The van der Waals surface area contributed by atoms with Gasteiger partial charge in [0.05, 0.1) is 11.4 Å². The van der Waals surface area contributed by atoms with Crippen molar-refractivity contribution >= 4 is 35.0 Å². The Morgan fingerprint density at radius 1 is 0.636 bits per heavy atom. The lowest BCUT2D eigenvalue weighted by atomic mass is 10.1. The number of aromatic nitrogens is 2. The fraction of sp³-hybridized carbons (Fsp3) is 0.438. The molecule has 0 aliphatic heterocycles. The van der Waals surface area contributed by atoms with E-state index >= 15 is 0 Å². The van der Waals surface area contributed by atoms with Crippen LogP contribution in [0.3, 0.4) is 0 Å². The normalized spacial score (nSPS) is 11.1. The topological polar surface area (TPSA) is 178 Å². The van der Waals surface area contributed by atoms with E-state index in [0.717, 1.165) is 12.8 Å². The summed E-state index contributed by atoms with van der Waals surface area (Å²) in [6, 6.07) is 9.54. The third-order valence-corrected chi connectivity index (χ3v) is 6.94. The van der Waals surface area contributed by atoms with Crippen LogP contribution in [0.15, 0.2) is 48.8 Å². The van der Waals surface area contributed by atoms with Gasteiger partial charge in [0.15, 0.2) is 0 Å². The summed E-state index contributed by atoms with van der Waals surface area (Å²) in [5.74, 6) is -0.371. The van der Waals surface area contributed by atoms with Gasteiger partial charge in [0, 0.05) is 62.8 Å². The predicted octanol–water partition coefficient (Wildman–Crippen LogP) is 3.26. The van der Waals surface area contributed by atoms with E-state index in [0.29, 0.717) is 85.0 Å². The molecule has 8 N–H and O–H groups in total. The van der Waals surface area contributed by atoms with Gasteiger partial charge in [0.2, 0.25) is 0 Å². The van der Waals surface area contributed by atoms with Crippen LogP contribution in [0.4, 0.5) is 11.4 Å². The molecule has 3 aromatic rings. The maximum absolute atomic E-state index is 13.0. The molecule has 0 aliphatic carbocycles. The van der Waals surface area contributed by atoms with E-state index in [2.05, 4.69) is 49.0 Å². The van der Waals surface area contributed by atoms with E-state index in [1.54, 1.807) is 48.8 Å². The highest BCUT2D eigenvalue weighted by atomic mass is 16.2. The average Bonchev–Trinajstić information content (AvgIpc) is 3.60. The molecule has 0 saturated carbocycles. The zero-order chi connectivity index (χ0) is 32.2. The Bertz CT molecular complexity index is 1320. The van der Waals surface area contributed by atoms with Crippen molar-refractivity contribution in [2.75, 3.05) is 36.8 Å². The Morgan fingerprint density at radius 3 is 1.32 bits per heavy atom. The summed E-state index contributed by atoms with van der Waals surface area (Å²) in [5, 5.41) is 11.2. The maximum atomic E-state index is 13.0. The standard InChI is InChI=1S/C32H46N8O4/c1-21(2)9-15-39-19-25(17-27(39)31(43)35-13-11-33)37-29(41)23-5-7-24(8-6-23)30(42)38-26-18-28(32(44)36-14-12-34)40(20-26)16-10-22(3)4/h5-8,17-22H,9-16,33-34H2,1-4H3,(H,35,43)(H,36,44)(H,37,41)(H,38,42). The number of rotatable bonds is 16. The largest absolute Gasteiger partial charge is 0.349 e. The fourth-order valence-corrected chi connectivity index (χ4v) is 4.44. The first-order valence-corrected chi connectivity index (χ1v) is 15.1. The Hall–Kier alpha value is -4.42. The van der Waals surface area contributed by atoms with Gasteiger partial charge in [-0.15, -0.1) is 0 Å². The van der Waals surface area contributed by atoms with Crippen LogP contribution in [-0.4, -0.2) is 58.9 Å². The summed E-state index contributed by atoms with van der Waals surface area (Å²) in [6.45, 7) is 11.0. The minimum Gasteiger partial charge on any atom is -0.349 e. The third kappa shape index (κ3) is 9.81. The summed E-state index contributed by atoms with van der Waals surface area (Å²) in [4.78, 5) is 51.4. The van der Waals surface area contributed by atoms with Crippen molar-refractivity contribution in [2.45, 2.75) is 53.6 Å². The predicted molar refractivity (Wildman–Crippen MR) is 173 cm³/mol. The van der Waals surface area contributed by atoms with Gasteiger partial charge in [-0.1, -0.05) is 27.7 Å². The monoisotopic (exact) mass is 606 g/mol. The second-order valence-electron chi connectivity index (χ2n) is 11.6. The minimum absolute atomic E-state index is 0.256. The quantitative estimate of drug-likeness (QED) is 0.146. The molecule has 0 spiro atoms. The lowest BCUT2D eigenvalue weighted by Crippen LogP contribution is -2.30. The summed E-state index contributed by atoms with van der Waals surface area (Å²) in [5.41, 5.74) is 13.6. The number of nitrogens with two attached hydrogens (primary N) is 2. The van der Waals surface area contributed by atoms with Crippen LogP contribution in [-0.2, 0) is 13.1 Å². The van der Waals surface area contributed by atoms with E-state index in [1.165, 1.54) is 0 Å². The number of anilines is 2. The average molecular weight is 607 g/mol. The molecule has 44 heavy (non-hydrogen) atoms. The highest BCUT2D eigenvalue weighted by Gasteiger charge is 2.18. The number of benzene rings is 1. The summed E-state index contributed by atoms with van der Waals surface area (Å²) >= 11 is 0. The van der Waals surface area contributed by atoms with Gasteiger partial charge in [0.1, 0.15) is 11.4 Å². The molecule has 0 radical (unpaired) electrons. The number of aryl methyl sites for hydroxylation is 2. The van der Waals surface area contributed by atoms with Gasteiger partial charge in [-0.25, -0.2) is 0 Å². The van der Waals surface area contributed by atoms with Gasteiger partial charge in [-0.3, -0.25) is 19.2 Å². The minimum atomic E-state index is -0.373. The summed E-state index contributed by atoms with van der Waals surface area (Å²) in [7, 11) is 0. The Balaban J connectivity index is 1.70. The smallest absolute Gasteiger partial charge is 0.268 e. The number of amides is 4. The van der Waals surface area contributed by atoms with Gasteiger partial charge < -0.3 is 41.9 Å². The molecular weight excluding hydrogens is 560 g/mol. The van der Waals surface area contributed by atoms with Crippen molar-refractivity contribution in [1.82, 2.24) is 19.8 Å². The first kappa shape index (κ1) is 34.1.